The molecule has 0 spiro atoms. The molecular weight excluding hydrogens is 390 g/mol. The third kappa shape index (κ3) is 5.16. The maximum absolute atomic E-state index is 12.4. The van der Waals surface area contributed by atoms with Crippen LogP contribution >= 0.6 is 0 Å². The number of ether oxygens (including phenoxy) is 2. The number of benzene rings is 1. The summed E-state index contributed by atoms with van der Waals surface area (Å²) in [5.41, 5.74) is 1.72. The van der Waals surface area contributed by atoms with Crippen molar-refractivity contribution in [2.24, 2.45) is 5.92 Å². The topological polar surface area (TPSA) is 59.5 Å². The van der Waals surface area contributed by atoms with Gasteiger partial charge in [0, 0.05) is 30.9 Å². The molecule has 1 aliphatic carbocycles. The van der Waals surface area contributed by atoms with Crippen LogP contribution in [-0.2, 0) is 4.74 Å². The van der Waals surface area contributed by atoms with Crippen molar-refractivity contribution in [2.75, 3.05) is 36.5 Å². The summed E-state index contributed by atoms with van der Waals surface area (Å²) in [4.78, 5) is 11.6. The van der Waals surface area contributed by atoms with Crippen molar-refractivity contribution in [1.82, 2.24) is 9.97 Å². The standard InChI is InChI=1S/C22H28F2N4O2/c1-15-2-6-17(7-3-15)26-22-25-14-19(20(27-22)28-10-12-29-13-11-28)16-4-8-18(9-5-16)30-21(23)24/h4-5,8-9,14-15,17,21H,2-3,6-7,10-13H2,1H3,(H,25,26,27). The van der Waals surface area contributed by atoms with Crippen LogP contribution in [0.25, 0.3) is 11.1 Å². The average Bonchev–Trinajstić information content (AvgIpc) is 2.76. The van der Waals surface area contributed by atoms with Gasteiger partial charge in [-0.05, 0) is 49.3 Å². The Labute approximate surface area is 175 Å². The molecule has 8 heteroatoms. The van der Waals surface area contributed by atoms with E-state index in [1.807, 2.05) is 6.20 Å². The highest BCUT2D eigenvalue weighted by atomic mass is 19.3. The molecule has 1 N–H and O–H groups in total. The van der Waals surface area contributed by atoms with Crippen LogP contribution < -0.4 is 15.0 Å². The maximum atomic E-state index is 12.4. The molecule has 6 nitrogen and oxygen atoms in total. The number of nitrogens with one attached hydrogen (secondary N) is 1. The van der Waals surface area contributed by atoms with Crippen molar-refractivity contribution in [2.45, 2.75) is 45.3 Å². The number of halogens is 2. The summed E-state index contributed by atoms with van der Waals surface area (Å²) < 4.78 is 34.8. The Hall–Kier alpha value is -2.48. The predicted octanol–water partition coefficient (Wildman–Crippen LogP) is 4.57. The zero-order chi connectivity index (χ0) is 20.9. The van der Waals surface area contributed by atoms with Gasteiger partial charge in [0.25, 0.3) is 0 Å². The van der Waals surface area contributed by atoms with Gasteiger partial charge in [-0.1, -0.05) is 19.1 Å². The van der Waals surface area contributed by atoms with Gasteiger partial charge in [0.05, 0.1) is 13.2 Å². The van der Waals surface area contributed by atoms with E-state index in [4.69, 9.17) is 9.72 Å². The van der Waals surface area contributed by atoms with E-state index in [9.17, 15) is 8.78 Å². The van der Waals surface area contributed by atoms with E-state index < -0.39 is 6.61 Å². The van der Waals surface area contributed by atoms with Gasteiger partial charge < -0.3 is 19.7 Å². The molecule has 2 aliphatic rings. The Balaban J connectivity index is 1.58. The molecule has 1 saturated heterocycles. The predicted molar refractivity (Wildman–Crippen MR) is 112 cm³/mol. The summed E-state index contributed by atoms with van der Waals surface area (Å²) >= 11 is 0. The largest absolute Gasteiger partial charge is 0.435 e. The van der Waals surface area contributed by atoms with Crippen LogP contribution in [0.1, 0.15) is 32.6 Å². The first-order chi connectivity index (χ1) is 14.6. The molecule has 2 fully saturated rings. The van der Waals surface area contributed by atoms with Gasteiger partial charge in [0.1, 0.15) is 11.6 Å². The minimum atomic E-state index is -2.84. The molecule has 1 aromatic carbocycles. The molecule has 0 atom stereocenters. The number of hydrogen-bond acceptors (Lipinski definition) is 6. The normalized spacial score (nSPS) is 22.2. The van der Waals surface area contributed by atoms with Crippen molar-refractivity contribution in [3.05, 3.63) is 30.5 Å². The first-order valence-corrected chi connectivity index (χ1v) is 10.6. The number of aromatic nitrogens is 2. The van der Waals surface area contributed by atoms with Crippen LogP contribution in [0.3, 0.4) is 0 Å². The number of alkyl halides is 2. The second kappa shape index (κ2) is 9.55. The van der Waals surface area contributed by atoms with E-state index in [0.717, 1.165) is 48.8 Å². The van der Waals surface area contributed by atoms with Gasteiger partial charge >= 0.3 is 6.61 Å². The molecule has 2 heterocycles. The minimum absolute atomic E-state index is 0.132. The Morgan fingerprint density at radius 2 is 1.80 bits per heavy atom. The molecule has 0 radical (unpaired) electrons. The zero-order valence-electron chi connectivity index (χ0n) is 17.2. The lowest BCUT2D eigenvalue weighted by atomic mass is 9.87. The van der Waals surface area contributed by atoms with E-state index in [1.165, 1.54) is 12.8 Å². The zero-order valence-corrected chi connectivity index (χ0v) is 17.2. The lowest BCUT2D eigenvalue weighted by molar-refractivity contribution is -0.0498. The molecule has 4 rings (SSSR count). The van der Waals surface area contributed by atoms with Gasteiger partial charge in [-0.25, -0.2) is 4.98 Å². The number of morpholine rings is 1. The van der Waals surface area contributed by atoms with Gasteiger partial charge in [-0.15, -0.1) is 0 Å². The summed E-state index contributed by atoms with van der Waals surface area (Å²) in [7, 11) is 0. The Kier molecular flexibility index (Phi) is 6.62. The summed E-state index contributed by atoms with van der Waals surface area (Å²) in [5.74, 6) is 2.39. The van der Waals surface area contributed by atoms with Crippen LogP contribution in [0.15, 0.2) is 30.5 Å². The molecular formula is C22H28F2N4O2. The summed E-state index contributed by atoms with van der Waals surface area (Å²) in [6.07, 6.45) is 6.52. The lowest BCUT2D eigenvalue weighted by Gasteiger charge is -2.30. The van der Waals surface area contributed by atoms with Crippen molar-refractivity contribution in [3.63, 3.8) is 0 Å². The second-order valence-corrected chi connectivity index (χ2v) is 8.03. The van der Waals surface area contributed by atoms with Gasteiger partial charge in [0.15, 0.2) is 0 Å². The molecule has 0 bridgehead atoms. The molecule has 2 aromatic rings. The number of rotatable bonds is 6. The van der Waals surface area contributed by atoms with Crippen molar-refractivity contribution < 1.29 is 18.3 Å². The SMILES string of the molecule is CC1CCC(Nc2ncc(-c3ccc(OC(F)F)cc3)c(N3CCOCC3)n2)CC1. The molecule has 1 saturated carbocycles. The fourth-order valence-corrected chi connectivity index (χ4v) is 4.07. The van der Waals surface area contributed by atoms with Crippen LogP contribution in [0.2, 0.25) is 0 Å². The van der Waals surface area contributed by atoms with Crippen molar-refractivity contribution >= 4 is 11.8 Å². The fourth-order valence-electron chi connectivity index (χ4n) is 4.07. The van der Waals surface area contributed by atoms with E-state index in [1.54, 1.807) is 24.3 Å². The van der Waals surface area contributed by atoms with E-state index >= 15 is 0 Å². The number of anilines is 2. The molecule has 0 amide bonds. The fraction of sp³-hybridized carbons (Fsp3) is 0.545. The van der Waals surface area contributed by atoms with E-state index in [2.05, 4.69) is 26.9 Å². The summed E-state index contributed by atoms with van der Waals surface area (Å²) in [5, 5.41) is 3.51. The Morgan fingerprint density at radius 1 is 1.10 bits per heavy atom. The Morgan fingerprint density at radius 3 is 2.47 bits per heavy atom. The average molecular weight is 418 g/mol. The van der Waals surface area contributed by atoms with Crippen molar-refractivity contribution in [3.8, 4) is 16.9 Å². The summed E-state index contributed by atoms with van der Waals surface area (Å²) in [6.45, 7) is 2.25. The highest BCUT2D eigenvalue weighted by Gasteiger charge is 2.22. The molecule has 30 heavy (non-hydrogen) atoms. The second-order valence-electron chi connectivity index (χ2n) is 8.03. The molecule has 1 aromatic heterocycles. The van der Waals surface area contributed by atoms with Crippen LogP contribution in [0.5, 0.6) is 5.75 Å². The van der Waals surface area contributed by atoms with Crippen LogP contribution in [-0.4, -0.2) is 48.9 Å². The first kappa shape index (κ1) is 20.8. The molecule has 162 valence electrons. The van der Waals surface area contributed by atoms with Gasteiger partial charge in [0.2, 0.25) is 5.95 Å². The van der Waals surface area contributed by atoms with Crippen molar-refractivity contribution in [1.29, 1.82) is 0 Å². The van der Waals surface area contributed by atoms with Gasteiger partial charge in [-0.2, -0.15) is 13.8 Å². The highest BCUT2D eigenvalue weighted by molar-refractivity contribution is 5.76. The summed E-state index contributed by atoms with van der Waals surface area (Å²) in [6, 6.07) is 7.00. The quantitative estimate of drug-likeness (QED) is 0.742. The van der Waals surface area contributed by atoms with Gasteiger partial charge in [-0.3, -0.25) is 0 Å². The highest BCUT2D eigenvalue weighted by Crippen LogP contribution is 2.32. The van der Waals surface area contributed by atoms with Crippen LogP contribution in [0.4, 0.5) is 20.5 Å². The third-order valence-corrected chi connectivity index (χ3v) is 5.82. The molecule has 1 aliphatic heterocycles. The maximum Gasteiger partial charge on any atom is 0.387 e. The van der Waals surface area contributed by atoms with E-state index in [0.29, 0.717) is 25.2 Å². The number of hydrogen-bond donors (Lipinski definition) is 1. The molecule has 0 unspecified atom stereocenters. The third-order valence-electron chi connectivity index (χ3n) is 5.82. The first-order valence-electron chi connectivity index (χ1n) is 10.6. The number of nitrogens with zero attached hydrogens (tertiary/aromatic N) is 3. The Bertz CT molecular complexity index is 820. The smallest absolute Gasteiger partial charge is 0.387 e. The lowest BCUT2D eigenvalue weighted by Crippen LogP contribution is -2.37. The minimum Gasteiger partial charge on any atom is -0.435 e. The van der Waals surface area contributed by atoms with Crippen LogP contribution in [0, 0.1) is 5.92 Å². The van der Waals surface area contributed by atoms with E-state index in [-0.39, 0.29) is 5.75 Å². The monoisotopic (exact) mass is 418 g/mol.